The summed E-state index contributed by atoms with van der Waals surface area (Å²) in [5.74, 6) is -0.200. The fourth-order valence-corrected chi connectivity index (χ4v) is 2.78. The standard InChI is InChI=1S/C13H9FN2S/c14-10-2-1-3-12-9(10)7-13(17-12)11-6-8(15)4-5-16-11/h1-7H,(H2,15,16). The van der Waals surface area contributed by atoms with Crippen molar-refractivity contribution in [1.82, 2.24) is 4.98 Å². The third-order valence-corrected chi connectivity index (χ3v) is 3.67. The Hall–Kier alpha value is -1.94. The molecule has 3 aromatic rings. The number of nitrogens with two attached hydrogens (primary N) is 1. The number of nitrogens with zero attached hydrogens (tertiary/aromatic N) is 1. The van der Waals surface area contributed by atoms with Gasteiger partial charge in [-0.2, -0.15) is 0 Å². The molecule has 17 heavy (non-hydrogen) atoms. The minimum absolute atomic E-state index is 0.200. The minimum atomic E-state index is -0.200. The average molecular weight is 244 g/mol. The van der Waals surface area contributed by atoms with Gasteiger partial charge in [-0.15, -0.1) is 11.3 Å². The van der Waals surface area contributed by atoms with Crippen LogP contribution in [-0.2, 0) is 0 Å². The van der Waals surface area contributed by atoms with Gasteiger partial charge in [-0.25, -0.2) is 4.39 Å². The van der Waals surface area contributed by atoms with Crippen LogP contribution in [0.15, 0.2) is 42.6 Å². The molecule has 0 saturated heterocycles. The van der Waals surface area contributed by atoms with Crippen LogP contribution < -0.4 is 5.73 Å². The highest BCUT2D eigenvalue weighted by molar-refractivity contribution is 7.22. The second kappa shape index (κ2) is 3.82. The van der Waals surface area contributed by atoms with Gasteiger partial charge >= 0.3 is 0 Å². The van der Waals surface area contributed by atoms with Crippen molar-refractivity contribution in [2.75, 3.05) is 5.73 Å². The van der Waals surface area contributed by atoms with Crippen LogP contribution in [0, 0.1) is 5.82 Å². The smallest absolute Gasteiger partial charge is 0.131 e. The number of pyridine rings is 1. The molecule has 2 aromatic heterocycles. The molecule has 0 unspecified atom stereocenters. The number of fused-ring (bicyclic) bond motifs is 1. The first-order valence-electron chi connectivity index (χ1n) is 5.14. The molecule has 0 aliphatic heterocycles. The van der Waals surface area contributed by atoms with E-state index in [1.807, 2.05) is 12.1 Å². The van der Waals surface area contributed by atoms with Crippen LogP contribution in [0.4, 0.5) is 10.1 Å². The summed E-state index contributed by atoms with van der Waals surface area (Å²) >= 11 is 1.52. The number of nitrogen functional groups attached to an aromatic ring is 1. The summed E-state index contributed by atoms with van der Waals surface area (Å²) in [6, 6.07) is 10.4. The lowest BCUT2D eigenvalue weighted by atomic mass is 10.2. The van der Waals surface area contributed by atoms with Gasteiger partial charge in [0.25, 0.3) is 0 Å². The highest BCUT2D eigenvalue weighted by Gasteiger charge is 2.08. The number of benzene rings is 1. The number of anilines is 1. The first-order valence-corrected chi connectivity index (χ1v) is 5.95. The SMILES string of the molecule is Nc1ccnc(-c2cc3c(F)cccc3s2)c1. The molecule has 0 atom stereocenters. The Morgan fingerprint density at radius 2 is 2.06 bits per heavy atom. The van der Waals surface area contributed by atoms with Crippen LogP contribution >= 0.6 is 11.3 Å². The van der Waals surface area contributed by atoms with Crippen molar-refractivity contribution in [3.63, 3.8) is 0 Å². The zero-order chi connectivity index (χ0) is 11.8. The number of halogens is 1. The molecule has 2 heterocycles. The molecule has 0 aliphatic rings. The first kappa shape index (κ1) is 10.2. The molecule has 0 amide bonds. The van der Waals surface area contributed by atoms with E-state index < -0.39 is 0 Å². The van der Waals surface area contributed by atoms with Gasteiger partial charge in [0.2, 0.25) is 0 Å². The van der Waals surface area contributed by atoms with Gasteiger partial charge in [0, 0.05) is 22.0 Å². The lowest BCUT2D eigenvalue weighted by molar-refractivity contribution is 0.640. The van der Waals surface area contributed by atoms with Gasteiger partial charge < -0.3 is 5.73 Å². The summed E-state index contributed by atoms with van der Waals surface area (Å²) < 4.78 is 14.5. The van der Waals surface area contributed by atoms with Crippen molar-refractivity contribution < 1.29 is 4.39 Å². The third-order valence-electron chi connectivity index (χ3n) is 2.54. The second-order valence-electron chi connectivity index (χ2n) is 3.74. The van der Waals surface area contributed by atoms with Crippen molar-refractivity contribution in [1.29, 1.82) is 0 Å². The molecule has 0 bridgehead atoms. The molecule has 2 N–H and O–H groups in total. The molecule has 0 aliphatic carbocycles. The summed E-state index contributed by atoms with van der Waals surface area (Å²) in [5, 5.41) is 0.636. The molecule has 1 aromatic carbocycles. The van der Waals surface area contributed by atoms with E-state index in [2.05, 4.69) is 4.98 Å². The molecule has 4 heteroatoms. The molecule has 0 fully saturated rings. The van der Waals surface area contributed by atoms with Gasteiger partial charge in [-0.05, 0) is 30.3 Å². The van der Waals surface area contributed by atoms with Crippen molar-refractivity contribution in [2.24, 2.45) is 0 Å². The fraction of sp³-hybridized carbons (Fsp3) is 0. The number of thiophene rings is 1. The highest BCUT2D eigenvalue weighted by Crippen LogP contribution is 2.34. The maximum Gasteiger partial charge on any atom is 0.131 e. The van der Waals surface area contributed by atoms with Crippen molar-refractivity contribution in [3.8, 4) is 10.6 Å². The summed E-state index contributed by atoms with van der Waals surface area (Å²) in [4.78, 5) is 5.17. The Kier molecular flexibility index (Phi) is 2.30. The van der Waals surface area contributed by atoms with Crippen LogP contribution in [0.1, 0.15) is 0 Å². The predicted octanol–water partition coefficient (Wildman–Crippen LogP) is 3.68. The summed E-state index contributed by atoms with van der Waals surface area (Å²) in [6.45, 7) is 0. The van der Waals surface area contributed by atoms with Gasteiger partial charge in [0.15, 0.2) is 0 Å². The van der Waals surface area contributed by atoms with Crippen molar-refractivity contribution >= 4 is 27.1 Å². The minimum Gasteiger partial charge on any atom is -0.399 e. The summed E-state index contributed by atoms with van der Waals surface area (Å²) in [5.41, 5.74) is 7.15. The summed E-state index contributed by atoms with van der Waals surface area (Å²) in [7, 11) is 0. The zero-order valence-electron chi connectivity index (χ0n) is 8.85. The lowest BCUT2D eigenvalue weighted by Gasteiger charge is -1.96. The van der Waals surface area contributed by atoms with Gasteiger partial charge in [0.05, 0.1) is 10.6 Å². The van der Waals surface area contributed by atoms with Crippen LogP contribution in [0.2, 0.25) is 0 Å². The van der Waals surface area contributed by atoms with Gasteiger partial charge in [0.1, 0.15) is 5.82 Å². The van der Waals surface area contributed by atoms with E-state index in [4.69, 9.17) is 5.73 Å². The molecule has 2 nitrogen and oxygen atoms in total. The lowest BCUT2D eigenvalue weighted by Crippen LogP contribution is -1.86. The average Bonchev–Trinajstić information content (AvgIpc) is 2.74. The second-order valence-corrected chi connectivity index (χ2v) is 4.82. The normalized spacial score (nSPS) is 10.9. The Labute approximate surface area is 102 Å². The maximum atomic E-state index is 13.6. The van der Waals surface area contributed by atoms with E-state index in [1.54, 1.807) is 24.4 Å². The molecular weight excluding hydrogens is 235 g/mol. The first-order chi connectivity index (χ1) is 8.24. The van der Waals surface area contributed by atoms with Crippen molar-refractivity contribution in [3.05, 3.63) is 48.4 Å². The van der Waals surface area contributed by atoms with Crippen LogP contribution in [0.5, 0.6) is 0 Å². The number of hydrogen-bond donors (Lipinski definition) is 1. The van der Waals surface area contributed by atoms with E-state index in [-0.39, 0.29) is 5.82 Å². The monoisotopic (exact) mass is 244 g/mol. The quantitative estimate of drug-likeness (QED) is 0.709. The number of aromatic nitrogens is 1. The molecular formula is C13H9FN2S. The Balaban J connectivity index is 2.22. The number of rotatable bonds is 1. The fourth-order valence-electron chi connectivity index (χ4n) is 1.73. The maximum absolute atomic E-state index is 13.6. The largest absolute Gasteiger partial charge is 0.399 e. The molecule has 0 radical (unpaired) electrons. The number of hydrogen-bond acceptors (Lipinski definition) is 3. The van der Waals surface area contributed by atoms with E-state index in [0.29, 0.717) is 11.1 Å². The molecule has 0 saturated carbocycles. The van der Waals surface area contributed by atoms with Gasteiger partial charge in [-0.1, -0.05) is 6.07 Å². The van der Waals surface area contributed by atoms with Gasteiger partial charge in [-0.3, -0.25) is 4.98 Å². The molecule has 84 valence electrons. The molecule has 0 spiro atoms. The van der Waals surface area contributed by atoms with Crippen LogP contribution in [-0.4, -0.2) is 4.98 Å². The topological polar surface area (TPSA) is 38.9 Å². The zero-order valence-corrected chi connectivity index (χ0v) is 9.67. The van der Waals surface area contributed by atoms with E-state index in [9.17, 15) is 4.39 Å². The van der Waals surface area contributed by atoms with E-state index >= 15 is 0 Å². The Morgan fingerprint density at radius 1 is 1.18 bits per heavy atom. The molecule has 3 rings (SSSR count). The van der Waals surface area contributed by atoms with Crippen LogP contribution in [0.3, 0.4) is 0 Å². The Bertz CT molecular complexity index is 691. The predicted molar refractivity (Wildman–Crippen MR) is 69.4 cm³/mol. The van der Waals surface area contributed by atoms with E-state index in [0.717, 1.165) is 15.3 Å². The highest BCUT2D eigenvalue weighted by atomic mass is 32.1. The van der Waals surface area contributed by atoms with E-state index in [1.165, 1.54) is 17.4 Å². The third kappa shape index (κ3) is 1.76. The Morgan fingerprint density at radius 3 is 2.82 bits per heavy atom. The summed E-state index contributed by atoms with van der Waals surface area (Å²) in [6.07, 6.45) is 1.66. The van der Waals surface area contributed by atoms with Crippen LogP contribution in [0.25, 0.3) is 20.7 Å². The van der Waals surface area contributed by atoms with Crippen molar-refractivity contribution in [2.45, 2.75) is 0 Å².